The number of aliphatic imine (C=N–C) groups is 1. The predicted octanol–water partition coefficient (Wildman–Crippen LogP) is 2.27. The van der Waals surface area contributed by atoms with Gasteiger partial charge in [0, 0.05) is 31.5 Å². The number of nitrogens with zero attached hydrogens (tertiary/aromatic N) is 4. The summed E-state index contributed by atoms with van der Waals surface area (Å²) in [5.74, 6) is 1.66. The highest BCUT2D eigenvalue weighted by Crippen LogP contribution is 2.11. The summed E-state index contributed by atoms with van der Waals surface area (Å²) < 4.78 is 1.86. The number of pyridine rings is 1. The van der Waals surface area contributed by atoms with Crippen LogP contribution in [0.5, 0.6) is 0 Å². The van der Waals surface area contributed by atoms with Gasteiger partial charge in [-0.15, -0.1) is 0 Å². The SMILES string of the molecule is CN=C(NCc1ccc(-n2nc(C)cc2C)nc1)NC1CC=CC1. The van der Waals surface area contributed by atoms with Crippen molar-refractivity contribution in [3.63, 3.8) is 0 Å². The molecule has 0 fully saturated rings. The van der Waals surface area contributed by atoms with Gasteiger partial charge in [0.15, 0.2) is 11.8 Å². The molecule has 0 saturated carbocycles. The van der Waals surface area contributed by atoms with Crippen LogP contribution in [0.3, 0.4) is 0 Å². The van der Waals surface area contributed by atoms with Crippen molar-refractivity contribution in [3.8, 4) is 5.82 Å². The topological polar surface area (TPSA) is 67.1 Å². The zero-order valence-electron chi connectivity index (χ0n) is 14.5. The quantitative estimate of drug-likeness (QED) is 0.514. The molecule has 0 saturated heterocycles. The molecule has 0 spiro atoms. The van der Waals surface area contributed by atoms with Crippen molar-refractivity contribution in [3.05, 3.63) is 53.5 Å². The lowest BCUT2D eigenvalue weighted by Crippen LogP contribution is -2.42. The number of aryl methyl sites for hydroxylation is 2. The van der Waals surface area contributed by atoms with Crippen LogP contribution in [-0.2, 0) is 6.54 Å². The highest BCUT2D eigenvalue weighted by Gasteiger charge is 2.11. The lowest BCUT2D eigenvalue weighted by molar-refractivity contribution is 0.633. The van der Waals surface area contributed by atoms with Crippen LogP contribution in [-0.4, -0.2) is 33.8 Å². The molecule has 0 amide bonds. The van der Waals surface area contributed by atoms with Crippen LogP contribution in [0, 0.1) is 13.8 Å². The molecule has 0 bridgehead atoms. The Morgan fingerprint density at radius 2 is 2.08 bits per heavy atom. The Morgan fingerprint density at radius 3 is 2.67 bits per heavy atom. The Kier molecular flexibility index (Phi) is 4.93. The smallest absolute Gasteiger partial charge is 0.191 e. The highest BCUT2D eigenvalue weighted by molar-refractivity contribution is 5.80. The van der Waals surface area contributed by atoms with E-state index < -0.39 is 0 Å². The molecule has 2 aromatic rings. The van der Waals surface area contributed by atoms with E-state index >= 15 is 0 Å². The number of rotatable bonds is 4. The summed E-state index contributed by atoms with van der Waals surface area (Å²) in [4.78, 5) is 8.80. The number of hydrogen-bond acceptors (Lipinski definition) is 3. The normalized spacial score (nSPS) is 15.0. The number of hydrogen-bond donors (Lipinski definition) is 2. The van der Waals surface area contributed by atoms with Crippen molar-refractivity contribution in [1.82, 2.24) is 25.4 Å². The maximum atomic E-state index is 4.52. The van der Waals surface area contributed by atoms with Gasteiger partial charge in [-0.2, -0.15) is 5.10 Å². The molecule has 1 aliphatic carbocycles. The molecular weight excluding hydrogens is 300 g/mol. The third-order valence-corrected chi connectivity index (χ3v) is 4.07. The first-order chi connectivity index (χ1) is 11.7. The molecule has 0 unspecified atom stereocenters. The second-order valence-electron chi connectivity index (χ2n) is 6.07. The number of aromatic nitrogens is 3. The van der Waals surface area contributed by atoms with Gasteiger partial charge in [-0.3, -0.25) is 4.99 Å². The minimum absolute atomic E-state index is 0.447. The Morgan fingerprint density at radius 1 is 1.29 bits per heavy atom. The second-order valence-corrected chi connectivity index (χ2v) is 6.07. The summed E-state index contributed by atoms with van der Waals surface area (Å²) in [6.07, 6.45) is 8.39. The van der Waals surface area contributed by atoms with Gasteiger partial charge >= 0.3 is 0 Å². The van der Waals surface area contributed by atoms with Crippen LogP contribution in [0.1, 0.15) is 29.8 Å². The molecular formula is C18H24N6. The van der Waals surface area contributed by atoms with E-state index in [4.69, 9.17) is 0 Å². The van der Waals surface area contributed by atoms with Gasteiger partial charge in [0.05, 0.1) is 5.69 Å². The molecule has 0 aromatic carbocycles. The molecule has 3 rings (SSSR count). The van der Waals surface area contributed by atoms with Crippen LogP contribution < -0.4 is 10.6 Å². The lowest BCUT2D eigenvalue weighted by Gasteiger charge is -2.17. The van der Waals surface area contributed by atoms with Crippen LogP contribution >= 0.6 is 0 Å². The minimum Gasteiger partial charge on any atom is -0.353 e. The van der Waals surface area contributed by atoms with Crippen molar-refractivity contribution >= 4 is 5.96 Å². The zero-order chi connectivity index (χ0) is 16.9. The monoisotopic (exact) mass is 324 g/mol. The summed E-state index contributed by atoms with van der Waals surface area (Å²) in [6.45, 7) is 4.70. The molecule has 2 heterocycles. The summed E-state index contributed by atoms with van der Waals surface area (Å²) in [6, 6.07) is 6.55. The summed E-state index contributed by atoms with van der Waals surface area (Å²) >= 11 is 0. The van der Waals surface area contributed by atoms with Crippen molar-refractivity contribution < 1.29 is 0 Å². The molecule has 24 heavy (non-hydrogen) atoms. The molecule has 2 aromatic heterocycles. The maximum Gasteiger partial charge on any atom is 0.191 e. The van der Waals surface area contributed by atoms with Gasteiger partial charge in [-0.1, -0.05) is 18.2 Å². The second kappa shape index (κ2) is 7.29. The van der Waals surface area contributed by atoms with Crippen molar-refractivity contribution in [2.75, 3.05) is 7.05 Å². The first-order valence-electron chi connectivity index (χ1n) is 8.26. The Labute approximate surface area is 142 Å². The Hall–Kier alpha value is -2.63. The first kappa shape index (κ1) is 16.2. The van der Waals surface area contributed by atoms with E-state index in [1.807, 2.05) is 36.9 Å². The average Bonchev–Trinajstić information content (AvgIpc) is 3.21. The zero-order valence-corrected chi connectivity index (χ0v) is 14.5. The molecule has 126 valence electrons. The summed E-state index contributed by atoms with van der Waals surface area (Å²) in [7, 11) is 1.79. The fourth-order valence-electron chi connectivity index (χ4n) is 2.82. The molecule has 0 atom stereocenters. The van der Waals surface area contributed by atoms with Gasteiger partial charge in [0.25, 0.3) is 0 Å². The summed E-state index contributed by atoms with van der Waals surface area (Å²) in [5.41, 5.74) is 3.18. The predicted molar refractivity (Wildman–Crippen MR) is 96.3 cm³/mol. The Bertz CT molecular complexity index is 733. The molecule has 6 heteroatoms. The van der Waals surface area contributed by atoms with E-state index in [1.54, 1.807) is 7.05 Å². The Balaban J connectivity index is 1.58. The average molecular weight is 324 g/mol. The van der Waals surface area contributed by atoms with Crippen LogP contribution in [0.2, 0.25) is 0 Å². The van der Waals surface area contributed by atoms with E-state index in [0.29, 0.717) is 12.6 Å². The lowest BCUT2D eigenvalue weighted by atomic mass is 10.2. The van der Waals surface area contributed by atoms with Gasteiger partial charge in [0.1, 0.15) is 0 Å². The van der Waals surface area contributed by atoms with Gasteiger partial charge in [0.2, 0.25) is 0 Å². The molecule has 1 aliphatic rings. The first-order valence-corrected chi connectivity index (χ1v) is 8.26. The van der Waals surface area contributed by atoms with Crippen LogP contribution in [0.25, 0.3) is 5.82 Å². The number of nitrogens with one attached hydrogen (secondary N) is 2. The van der Waals surface area contributed by atoms with E-state index in [0.717, 1.165) is 41.6 Å². The third kappa shape index (κ3) is 3.82. The van der Waals surface area contributed by atoms with E-state index in [-0.39, 0.29) is 0 Å². The van der Waals surface area contributed by atoms with Gasteiger partial charge < -0.3 is 10.6 Å². The van der Waals surface area contributed by atoms with Crippen molar-refractivity contribution in [1.29, 1.82) is 0 Å². The largest absolute Gasteiger partial charge is 0.353 e. The minimum atomic E-state index is 0.447. The highest BCUT2D eigenvalue weighted by atomic mass is 15.3. The standard InChI is InChI=1S/C18H24N6/c1-13-10-14(2)24(23-13)17-9-8-15(11-20-17)12-21-18(19-3)22-16-6-4-5-7-16/h4-5,8-11,16H,6-7,12H2,1-3H3,(H2,19,21,22). The van der Waals surface area contributed by atoms with E-state index in [1.165, 1.54) is 0 Å². The van der Waals surface area contributed by atoms with E-state index in [9.17, 15) is 0 Å². The van der Waals surface area contributed by atoms with Crippen molar-refractivity contribution in [2.24, 2.45) is 4.99 Å². The third-order valence-electron chi connectivity index (χ3n) is 4.07. The van der Waals surface area contributed by atoms with E-state index in [2.05, 4.69) is 43.9 Å². The number of guanidine groups is 1. The van der Waals surface area contributed by atoms with Crippen molar-refractivity contribution in [2.45, 2.75) is 39.3 Å². The summed E-state index contributed by atoms with van der Waals surface area (Å²) in [5, 5.41) is 11.2. The van der Waals surface area contributed by atoms with Crippen LogP contribution in [0.15, 0.2) is 41.5 Å². The molecule has 0 aliphatic heterocycles. The molecule has 6 nitrogen and oxygen atoms in total. The fourth-order valence-corrected chi connectivity index (χ4v) is 2.82. The molecule has 2 N–H and O–H groups in total. The van der Waals surface area contributed by atoms with Gasteiger partial charge in [-0.05, 0) is 44.4 Å². The fraction of sp³-hybridized carbons (Fsp3) is 0.389. The molecule has 0 radical (unpaired) electrons. The maximum absolute atomic E-state index is 4.52. The van der Waals surface area contributed by atoms with Gasteiger partial charge in [-0.25, -0.2) is 9.67 Å². The van der Waals surface area contributed by atoms with Crippen LogP contribution in [0.4, 0.5) is 0 Å².